The first-order chi connectivity index (χ1) is 14.2. The van der Waals surface area contributed by atoms with Gasteiger partial charge in [0, 0.05) is 25.6 Å². The lowest BCUT2D eigenvalue weighted by atomic mass is 9.88. The van der Waals surface area contributed by atoms with Crippen LogP contribution in [-0.4, -0.2) is 47.8 Å². The topological polar surface area (TPSA) is 78.5 Å². The summed E-state index contributed by atoms with van der Waals surface area (Å²) in [5.41, 5.74) is 0.352. The molecule has 0 unspecified atom stereocenters. The van der Waals surface area contributed by atoms with Crippen LogP contribution >= 0.6 is 11.6 Å². The Morgan fingerprint density at radius 1 is 1.10 bits per heavy atom. The van der Waals surface area contributed by atoms with Crippen LogP contribution in [0.1, 0.15) is 63.7 Å². The molecule has 1 aromatic carbocycles. The number of amides is 3. The van der Waals surface area contributed by atoms with E-state index in [2.05, 4.69) is 10.6 Å². The van der Waals surface area contributed by atoms with E-state index >= 15 is 0 Å². The summed E-state index contributed by atoms with van der Waals surface area (Å²) < 4.78 is 0. The van der Waals surface area contributed by atoms with Gasteiger partial charge in [-0.05, 0) is 50.2 Å². The van der Waals surface area contributed by atoms with Gasteiger partial charge in [0.1, 0.15) is 6.04 Å². The minimum Gasteiger partial charge on any atom is -0.352 e. The quantitative estimate of drug-likeness (QED) is 0.654. The Balaban J connectivity index is 2.10. The van der Waals surface area contributed by atoms with Crippen molar-refractivity contribution < 1.29 is 14.4 Å². The monoisotopic (exact) mass is 435 g/mol. The number of hydrogen-bond acceptors (Lipinski definition) is 3. The van der Waals surface area contributed by atoms with Gasteiger partial charge in [-0.15, -0.1) is 0 Å². The molecule has 0 radical (unpaired) electrons. The van der Waals surface area contributed by atoms with Crippen molar-refractivity contribution in [3.63, 3.8) is 0 Å². The van der Waals surface area contributed by atoms with Crippen LogP contribution in [0.25, 0.3) is 0 Å². The van der Waals surface area contributed by atoms with Gasteiger partial charge in [-0.3, -0.25) is 14.4 Å². The molecule has 6 nitrogen and oxygen atoms in total. The van der Waals surface area contributed by atoms with Gasteiger partial charge >= 0.3 is 0 Å². The molecule has 0 spiro atoms. The molecule has 2 N–H and O–H groups in total. The first-order valence-electron chi connectivity index (χ1n) is 10.9. The van der Waals surface area contributed by atoms with Gasteiger partial charge in [0.15, 0.2) is 0 Å². The average Bonchev–Trinajstić information content (AvgIpc) is 2.71. The molecule has 1 fully saturated rings. The number of nitrogens with one attached hydrogen (secondary N) is 2. The Hall–Kier alpha value is -2.08. The molecule has 0 aromatic heterocycles. The Morgan fingerprint density at radius 2 is 1.73 bits per heavy atom. The van der Waals surface area contributed by atoms with Crippen molar-refractivity contribution >= 4 is 29.3 Å². The third kappa shape index (κ3) is 6.73. The van der Waals surface area contributed by atoms with E-state index in [9.17, 15) is 14.4 Å². The Labute approximate surface area is 184 Å². The molecule has 0 aliphatic carbocycles. The number of nitrogens with zero attached hydrogens (tertiary/aromatic N) is 1. The molecule has 1 aliphatic rings. The molecule has 1 saturated heterocycles. The minimum absolute atomic E-state index is 0.0184. The van der Waals surface area contributed by atoms with Gasteiger partial charge in [0.25, 0.3) is 5.91 Å². The van der Waals surface area contributed by atoms with Crippen LogP contribution in [-0.2, 0) is 9.59 Å². The summed E-state index contributed by atoms with van der Waals surface area (Å²) in [5.74, 6) is -0.105. The summed E-state index contributed by atoms with van der Waals surface area (Å²) in [5, 5.41) is 6.25. The molecule has 1 heterocycles. The maximum absolute atomic E-state index is 13.0. The lowest BCUT2D eigenvalue weighted by molar-refractivity contribution is -0.133. The van der Waals surface area contributed by atoms with Crippen LogP contribution in [0.3, 0.4) is 0 Å². The van der Waals surface area contributed by atoms with Crippen LogP contribution in [0, 0.1) is 11.8 Å². The summed E-state index contributed by atoms with van der Waals surface area (Å²) >= 11 is 6.16. The van der Waals surface area contributed by atoms with E-state index in [1.165, 1.54) is 0 Å². The lowest BCUT2D eigenvalue weighted by Gasteiger charge is -2.36. The molecule has 1 aliphatic heterocycles. The van der Waals surface area contributed by atoms with E-state index in [1.807, 2.05) is 32.6 Å². The van der Waals surface area contributed by atoms with E-state index < -0.39 is 6.04 Å². The summed E-state index contributed by atoms with van der Waals surface area (Å²) in [4.78, 5) is 40.1. The molecule has 30 heavy (non-hydrogen) atoms. The number of halogens is 1. The van der Waals surface area contributed by atoms with E-state index in [0.29, 0.717) is 48.9 Å². The van der Waals surface area contributed by atoms with Crippen LogP contribution in [0.5, 0.6) is 0 Å². The molecule has 7 heteroatoms. The molecule has 1 aromatic rings. The molecule has 0 saturated carbocycles. The fourth-order valence-corrected chi connectivity index (χ4v) is 3.88. The van der Waals surface area contributed by atoms with Crippen LogP contribution in [0.4, 0.5) is 0 Å². The molecule has 2 atom stereocenters. The number of hydrogen-bond donors (Lipinski definition) is 2. The molecule has 0 bridgehead atoms. The first-order valence-corrected chi connectivity index (χ1v) is 11.2. The normalized spacial score (nSPS) is 16.8. The largest absolute Gasteiger partial charge is 0.352 e. The highest BCUT2D eigenvalue weighted by atomic mass is 35.5. The third-order valence-corrected chi connectivity index (χ3v) is 5.96. The minimum atomic E-state index is -0.662. The number of carbonyl (C=O) groups is 3. The molecular weight excluding hydrogens is 402 g/mol. The van der Waals surface area contributed by atoms with E-state index in [0.717, 1.165) is 6.42 Å². The second kappa shape index (κ2) is 11.3. The highest BCUT2D eigenvalue weighted by molar-refractivity contribution is 6.33. The lowest BCUT2D eigenvalue weighted by Crippen LogP contribution is -2.55. The number of benzene rings is 1. The van der Waals surface area contributed by atoms with Crippen molar-refractivity contribution in [3.8, 4) is 0 Å². The van der Waals surface area contributed by atoms with E-state index in [4.69, 9.17) is 11.6 Å². The maximum atomic E-state index is 13.0. The van der Waals surface area contributed by atoms with Crippen LogP contribution in [0.2, 0.25) is 5.02 Å². The average molecular weight is 436 g/mol. The number of piperidine rings is 1. The molecule has 2 rings (SSSR count). The predicted molar refractivity (Wildman–Crippen MR) is 119 cm³/mol. The van der Waals surface area contributed by atoms with Crippen molar-refractivity contribution in [2.45, 2.75) is 65.5 Å². The number of likely N-dealkylation sites (tertiary alicyclic amines) is 1. The van der Waals surface area contributed by atoms with Crippen molar-refractivity contribution in [3.05, 3.63) is 34.9 Å². The highest BCUT2D eigenvalue weighted by Gasteiger charge is 2.34. The molecule has 3 amide bonds. The van der Waals surface area contributed by atoms with Crippen molar-refractivity contribution in [2.75, 3.05) is 13.1 Å². The summed E-state index contributed by atoms with van der Waals surface area (Å²) in [6, 6.07) is 6.16. The van der Waals surface area contributed by atoms with Gasteiger partial charge in [-0.1, -0.05) is 44.5 Å². The summed E-state index contributed by atoms with van der Waals surface area (Å²) in [6.07, 6.45) is 2.68. The second-order valence-corrected chi connectivity index (χ2v) is 8.97. The first kappa shape index (κ1) is 24.2. The Kier molecular flexibility index (Phi) is 9.15. The van der Waals surface area contributed by atoms with Gasteiger partial charge in [-0.2, -0.15) is 0 Å². The van der Waals surface area contributed by atoms with Crippen molar-refractivity contribution in [1.29, 1.82) is 0 Å². The Morgan fingerprint density at radius 3 is 2.30 bits per heavy atom. The molecule has 166 valence electrons. The fourth-order valence-electron chi connectivity index (χ4n) is 3.66. The number of carbonyl (C=O) groups excluding carboxylic acids is 3. The SMILES string of the molecule is CC[C@@H](C)NC(=O)[C@@H](NC(=O)c1ccccc1Cl)C1CCN(C(=O)CC(C)C)CC1. The van der Waals surface area contributed by atoms with Gasteiger partial charge in [0.2, 0.25) is 11.8 Å². The van der Waals surface area contributed by atoms with E-state index in [-0.39, 0.29) is 29.7 Å². The zero-order valence-corrected chi connectivity index (χ0v) is 19.2. The van der Waals surface area contributed by atoms with Gasteiger partial charge in [-0.25, -0.2) is 0 Å². The third-order valence-electron chi connectivity index (χ3n) is 5.64. The predicted octanol–water partition coefficient (Wildman–Crippen LogP) is 3.64. The fraction of sp³-hybridized carbons (Fsp3) is 0.609. The smallest absolute Gasteiger partial charge is 0.253 e. The molecular formula is C23H34ClN3O3. The zero-order chi connectivity index (χ0) is 22.3. The summed E-state index contributed by atoms with van der Waals surface area (Å²) in [6.45, 7) is 9.21. The van der Waals surface area contributed by atoms with Gasteiger partial charge < -0.3 is 15.5 Å². The van der Waals surface area contributed by atoms with E-state index in [1.54, 1.807) is 24.3 Å². The Bertz CT molecular complexity index is 745. The second-order valence-electron chi connectivity index (χ2n) is 8.57. The van der Waals surface area contributed by atoms with Gasteiger partial charge in [0.05, 0.1) is 10.6 Å². The van der Waals surface area contributed by atoms with Crippen molar-refractivity contribution in [2.24, 2.45) is 11.8 Å². The van der Waals surface area contributed by atoms with Crippen molar-refractivity contribution in [1.82, 2.24) is 15.5 Å². The van der Waals surface area contributed by atoms with Crippen LogP contribution in [0.15, 0.2) is 24.3 Å². The zero-order valence-electron chi connectivity index (χ0n) is 18.4. The maximum Gasteiger partial charge on any atom is 0.253 e. The van der Waals surface area contributed by atoms with Crippen LogP contribution < -0.4 is 10.6 Å². The number of rotatable bonds is 8. The summed E-state index contributed by atoms with van der Waals surface area (Å²) in [7, 11) is 0. The standard InChI is InChI=1S/C23H34ClN3O3/c1-5-16(4)25-23(30)21(26-22(29)18-8-6-7-9-19(18)24)17-10-12-27(13-11-17)20(28)14-15(2)3/h6-9,15-17,21H,5,10-14H2,1-4H3,(H,25,30)(H,26,29)/t16-,21+/m1/s1. The highest BCUT2D eigenvalue weighted by Crippen LogP contribution is 2.23.